The van der Waals surface area contributed by atoms with Gasteiger partial charge in [-0.25, -0.2) is 8.42 Å². The molecule has 1 saturated carbocycles. The SMILES string of the molecule is CCN(CC)C(=O)COC(=O)C1(S(=O)(=O)c2ccc(C)c(C)c2)CCCC1. The Morgan fingerprint density at radius 3 is 2.19 bits per heavy atom. The number of benzene rings is 1. The number of hydrogen-bond acceptors (Lipinski definition) is 5. The highest BCUT2D eigenvalue weighted by molar-refractivity contribution is 7.93. The number of hydrogen-bond donors (Lipinski definition) is 0. The Balaban J connectivity index is 2.29. The molecule has 0 bridgehead atoms. The number of aryl methyl sites for hydroxylation is 2. The van der Waals surface area contributed by atoms with Gasteiger partial charge in [0.2, 0.25) is 0 Å². The van der Waals surface area contributed by atoms with E-state index in [9.17, 15) is 18.0 Å². The Labute approximate surface area is 161 Å². The van der Waals surface area contributed by atoms with E-state index in [1.807, 2.05) is 27.7 Å². The van der Waals surface area contributed by atoms with E-state index in [1.165, 1.54) is 0 Å². The van der Waals surface area contributed by atoms with Gasteiger partial charge in [0.05, 0.1) is 4.90 Å². The van der Waals surface area contributed by atoms with E-state index < -0.39 is 27.2 Å². The third-order valence-corrected chi connectivity index (χ3v) is 8.01. The minimum atomic E-state index is -3.92. The van der Waals surface area contributed by atoms with Gasteiger partial charge in [-0.2, -0.15) is 0 Å². The van der Waals surface area contributed by atoms with Gasteiger partial charge in [-0.15, -0.1) is 0 Å². The average molecular weight is 396 g/mol. The van der Waals surface area contributed by atoms with Crippen molar-refractivity contribution in [2.24, 2.45) is 0 Å². The van der Waals surface area contributed by atoms with Gasteiger partial charge >= 0.3 is 5.97 Å². The molecule has 0 radical (unpaired) electrons. The summed E-state index contributed by atoms with van der Waals surface area (Å²) in [5, 5.41) is 0. The first kappa shape index (κ1) is 21.4. The molecule has 1 fully saturated rings. The maximum absolute atomic E-state index is 13.4. The van der Waals surface area contributed by atoms with E-state index >= 15 is 0 Å². The second-order valence-electron chi connectivity index (χ2n) is 7.09. The second kappa shape index (κ2) is 8.42. The molecule has 2 rings (SSSR count). The molecule has 1 aromatic carbocycles. The molecule has 0 atom stereocenters. The number of esters is 1. The molecule has 7 heteroatoms. The first-order chi connectivity index (χ1) is 12.7. The van der Waals surface area contributed by atoms with Crippen molar-refractivity contribution in [1.82, 2.24) is 4.90 Å². The first-order valence-corrected chi connectivity index (χ1v) is 10.9. The van der Waals surface area contributed by atoms with Crippen molar-refractivity contribution in [2.75, 3.05) is 19.7 Å². The molecule has 0 heterocycles. The summed E-state index contributed by atoms with van der Waals surface area (Å²) in [5.74, 6) is -1.12. The molecular formula is C20H29NO5S. The van der Waals surface area contributed by atoms with Crippen molar-refractivity contribution in [2.45, 2.75) is 63.0 Å². The summed E-state index contributed by atoms with van der Waals surface area (Å²) in [7, 11) is -3.92. The van der Waals surface area contributed by atoms with Gasteiger partial charge in [0, 0.05) is 13.1 Å². The smallest absolute Gasteiger partial charge is 0.328 e. The molecule has 1 aliphatic carbocycles. The number of carbonyl (C=O) groups is 2. The molecule has 0 aliphatic heterocycles. The number of carbonyl (C=O) groups excluding carboxylic acids is 2. The fourth-order valence-electron chi connectivity index (χ4n) is 3.56. The lowest BCUT2D eigenvalue weighted by Crippen LogP contribution is -2.46. The Morgan fingerprint density at radius 1 is 1.07 bits per heavy atom. The molecular weight excluding hydrogens is 366 g/mol. The lowest BCUT2D eigenvalue weighted by Gasteiger charge is -2.27. The fraction of sp³-hybridized carbons (Fsp3) is 0.600. The van der Waals surface area contributed by atoms with Crippen LogP contribution in [0.3, 0.4) is 0 Å². The van der Waals surface area contributed by atoms with Crippen LogP contribution in [0, 0.1) is 13.8 Å². The second-order valence-corrected chi connectivity index (χ2v) is 9.35. The van der Waals surface area contributed by atoms with Crippen LogP contribution in [-0.2, 0) is 24.2 Å². The normalized spacial score (nSPS) is 16.1. The highest BCUT2D eigenvalue weighted by Gasteiger charge is 2.54. The van der Waals surface area contributed by atoms with Gasteiger partial charge in [-0.05, 0) is 63.8 Å². The summed E-state index contributed by atoms with van der Waals surface area (Å²) in [6, 6.07) is 4.91. The number of amides is 1. The van der Waals surface area contributed by atoms with Crippen LogP contribution in [0.15, 0.2) is 23.1 Å². The minimum Gasteiger partial charge on any atom is -0.454 e. The third kappa shape index (κ3) is 4.03. The Kier molecular flexibility index (Phi) is 6.68. The molecule has 1 aliphatic rings. The molecule has 27 heavy (non-hydrogen) atoms. The van der Waals surface area contributed by atoms with Crippen LogP contribution in [0.25, 0.3) is 0 Å². The lowest BCUT2D eigenvalue weighted by atomic mass is 10.1. The zero-order chi connectivity index (χ0) is 20.2. The predicted molar refractivity (Wildman–Crippen MR) is 103 cm³/mol. The Bertz CT molecular complexity index is 806. The number of nitrogens with zero attached hydrogens (tertiary/aromatic N) is 1. The topological polar surface area (TPSA) is 80.8 Å². The van der Waals surface area contributed by atoms with Crippen molar-refractivity contribution >= 4 is 21.7 Å². The van der Waals surface area contributed by atoms with Crippen LogP contribution >= 0.6 is 0 Å². The number of rotatable bonds is 7. The highest BCUT2D eigenvalue weighted by atomic mass is 32.2. The molecule has 0 N–H and O–H groups in total. The summed E-state index contributed by atoms with van der Waals surface area (Å²) in [4.78, 5) is 26.7. The van der Waals surface area contributed by atoms with E-state index in [4.69, 9.17) is 4.74 Å². The summed E-state index contributed by atoms with van der Waals surface area (Å²) in [6.07, 6.45) is 1.73. The molecule has 6 nitrogen and oxygen atoms in total. The molecule has 0 unspecified atom stereocenters. The fourth-order valence-corrected chi connectivity index (χ4v) is 5.70. The van der Waals surface area contributed by atoms with Crippen LogP contribution in [0.1, 0.15) is 50.7 Å². The monoisotopic (exact) mass is 395 g/mol. The quantitative estimate of drug-likeness (QED) is 0.663. The third-order valence-electron chi connectivity index (χ3n) is 5.53. The standard InChI is InChI=1S/C20H29NO5S/c1-5-21(6-2)18(22)14-26-19(23)20(11-7-8-12-20)27(24,25)17-10-9-15(3)16(4)13-17/h9-10,13H,5-8,11-12,14H2,1-4H3. The van der Waals surface area contributed by atoms with E-state index in [2.05, 4.69) is 0 Å². The van der Waals surface area contributed by atoms with Gasteiger partial charge in [0.15, 0.2) is 21.2 Å². The van der Waals surface area contributed by atoms with Crippen molar-refractivity contribution < 1.29 is 22.7 Å². The van der Waals surface area contributed by atoms with Crippen molar-refractivity contribution in [3.63, 3.8) is 0 Å². The van der Waals surface area contributed by atoms with Gasteiger partial charge in [-0.1, -0.05) is 18.9 Å². The van der Waals surface area contributed by atoms with Crippen molar-refractivity contribution in [1.29, 1.82) is 0 Å². The van der Waals surface area contributed by atoms with Gasteiger partial charge < -0.3 is 9.64 Å². The van der Waals surface area contributed by atoms with Gasteiger partial charge in [-0.3, -0.25) is 9.59 Å². The summed E-state index contributed by atoms with van der Waals surface area (Å²) in [6.45, 7) is 8.03. The average Bonchev–Trinajstić information content (AvgIpc) is 3.14. The van der Waals surface area contributed by atoms with Crippen molar-refractivity contribution in [3.05, 3.63) is 29.3 Å². The van der Waals surface area contributed by atoms with E-state index in [-0.39, 0.29) is 23.6 Å². The van der Waals surface area contributed by atoms with E-state index in [1.54, 1.807) is 23.1 Å². The molecule has 0 spiro atoms. The first-order valence-electron chi connectivity index (χ1n) is 9.46. The summed E-state index contributed by atoms with van der Waals surface area (Å²) in [5.41, 5.74) is 1.84. The Morgan fingerprint density at radius 2 is 1.67 bits per heavy atom. The zero-order valence-electron chi connectivity index (χ0n) is 16.6. The zero-order valence-corrected chi connectivity index (χ0v) is 17.4. The van der Waals surface area contributed by atoms with Crippen LogP contribution in [0.2, 0.25) is 0 Å². The lowest BCUT2D eigenvalue weighted by molar-refractivity contribution is -0.154. The number of likely N-dealkylation sites (N-methyl/N-ethyl adjacent to an activating group) is 1. The molecule has 0 saturated heterocycles. The van der Waals surface area contributed by atoms with Gasteiger partial charge in [0.1, 0.15) is 0 Å². The highest BCUT2D eigenvalue weighted by Crippen LogP contribution is 2.41. The minimum absolute atomic E-state index is 0.138. The number of sulfone groups is 1. The predicted octanol–water partition coefficient (Wildman–Crippen LogP) is 2.80. The number of ether oxygens (including phenoxy) is 1. The molecule has 150 valence electrons. The molecule has 1 amide bonds. The summed E-state index contributed by atoms with van der Waals surface area (Å²) >= 11 is 0. The van der Waals surface area contributed by atoms with Gasteiger partial charge in [0.25, 0.3) is 5.91 Å². The van der Waals surface area contributed by atoms with Crippen LogP contribution in [-0.4, -0.2) is 49.6 Å². The maximum Gasteiger partial charge on any atom is 0.328 e. The van der Waals surface area contributed by atoms with Crippen LogP contribution in [0.4, 0.5) is 0 Å². The summed E-state index contributed by atoms with van der Waals surface area (Å²) < 4.78 is 30.3. The van der Waals surface area contributed by atoms with E-state index in [0.717, 1.165) is 11.1 Å². The van der Waals surface area contributed by atoms with E-state index in [0.29, 0.717) is 25.9 Å². The molecule has 0 aromatic heterocycles. The molecule has 1 aromatic rings. The van der Waals surface area contributed by atoms with Crippen LogP contribution < -0.4 is 0 Å². The van der Waals surface area contributed by atoms with Crippen LogP contribution in [0.5, 0.6) is 0 Å². The Hall–Kier alpha value is -1.89. The van der Waals surface area contributed by atoms with Crippen molar-refractivity contribution in [3.8, 4) is 0 Å². The largest absolute Gasteiger partial charge is 0.454 e. The maximum atomic E-state index is 13.4.